The first-order chi connectivity index (χ1) is 10.3. The monoisotopic (exact) mass is 287 g/mol. The van der Waals surface area contributed by atoms with Gasteiger partial charge in [0.2, 0.25) is 11.9 Å². The lowest BCUT2D eigenvalue weighted by Gasteiger charge is -2.37. The molecule has 3 aliphatic rings. The van der Waals surface area contributed by atoms with Crippen molar-refractivity contribution in [3.8, 4) is 0 Å². The highest BCUT2D eigenvalue weighted by Crippen LogP contribution is 2.24. The Labute approximate surface area is 124 Å². The van der Waals surface area contributed by atoms with Crippen molar-refractivity contribution in [2.45, 2.75) is 44.3 Å². The number of aromatic nitrogens is 2. The van der Waals surface area contributed by atoms with Gasteiger partial charge in [0.05, 0.1) is 0 Å². The maximum atomic E-state index is 11.7. The summed E-state index contributed by atoms with van der Waals surface area (Å²) in [6.07, 6.45) is 8.10. The van der Waals surface area contributed by atoms with Crippen molar-refractivity contribution in [3.63, 3.8) is 0 Å². The predicted molar refractivity (Wildman–Crippen MR) is 78.8 cm³/mol. The normalized spacial score (nSPS) is 25.3. The zero-order chi connectivity index (χ0) is 14.2. The average molecular weight is 287 g/mol. The summed E-state index contributed by atoms with van der Waals surface area (Å²) in [6, 6.07) is 1.06. The van der Waals surface area contributed by atoms with E-state index in [1.54, 1.807) is 0 Å². The van der Waals surface area contributed by atoms with Crippen LogP contribution in [0.3, 0.4) is 0 Å². The number of fused-ring (bicyclic) bond motifs is 1. The van der Waals surface area contributed by atoms with Gasteiger partial charge in [0.25, 0.3) is 0 Å². The van der Waals surface area contributed by atoms with Crippen LogP contribution in [0.25, 0.3) is 0 Å². The Hall–Kier alpha value is -1.69. The van der Waals surface area contributed by atoms with Gasteiger partial charge < -0.3 is 15.1 Å². The van der Waals surface area contributed by atoms with Crippen molar-refractivity contribution >= 4 is 11.9 Å². The van der Waals surface area contributed by atoms with Crippen LogP contribution in [-0.2, 0) is 11.3 Å². The van der Waals surface area contributed by atoms with Crippen LogP contribution >= 0.6 is 0 Å². The molecular formula is C15H21N5O. The highest BCUT2D eigenvalue weighted by atomic mass is 16.2. The van der Waals surface area contributed by atoms with Gasteiger partial charge in [-0.3, -0.25) is 4.79 Å². The molecule has 0 spiro atoms. The molecule has 112 valence electrons. The predicted octanol–water partition coefficient (Wildman–Crippen LogP) is 0.540. The Kier molecular flexibility index (Phi) is 3.25. The van der Waals surface area contributed by atoms with Crippen molar-refractivity contribution in [2.24, 2.45) is 0 Å². The van der Waals surface area contributed by atoms with E-state index in [1.807, 2.05) is 17.3 Å². The van der Waals surface area contributed by atoms with Crippen molar-refractivity contribution in [1.82, 2.24) is 20.2 Å². The van der Waals surface area contributed by atoms with Crippen LogP contribution in [0.5, 0.6) is 0 Å². The standard InChI is InChI=1S/C15H21N5O/c21-14-4-3-13-10-19(5-6-20(13)14)15-17-8-11(9-18-15)7-16-12-1-2-12/h8-9,12-13,16H,1-7,10H2. The zero-order valence-corrected chi connectivity index (χ0v) is 12.2. The average Bonchev–Trinajstić information content (AvgIpc) is 3.29. The Morgan fingerprint density at radius 1 is 1.19 bits per heavy atom. The molecule has 0 bridgehead atoms. The summed E-state index contributed by atoms with van der Waals surface area (Å²) in [4.78, 5) is 24.9. The van der Waals surface area contributed by atoms with E-state index >= 15 is 0 Å². The molecule has 6 nitrogen and oxygen atoms in total. The second-order valence-electron chi connectivity index (χ2n) is 6.27. The molecule has 1 N–H and O–H groups in total. The molecule has 1 amide bonds. The van der Waals surface area contributed by atoms with Crippen molar-refractivity contribution in [1.29, 1.82) is 0 Å². The summed E-state index contributed by atoms with van der Waals surface area (Å²) >= 11 is 0. The van der Waals surface area contributed by atoms with Crippen LogP contribution < -0.4 is 10.2 Å². The molecule has 0 radical (unpaired) electrons. The maximum absolute atomic E-state index is 11.7. The van der Waals surface area contributed by atoms with Gasteiger partial charge in [0.15, 0.2) is 0 Å². The van der Waals surface area contributed by atoms with Crippen molar-refractivity contribution in [3.05, 3.63) is 18.0 Å². The number of hydrogen-bond donors (Lipinski definition) is 1. The molecular weight excluding hydrogens is 266 g/mol. The van der Waals surface area contributed by atoms with Gasteiger partial charge in [-0.2, -0.15) is 0 Å². The second-order valence-corrected chi connectivity index (χ2v) is 6.27. The number of hydrogen-bond acceptors (Lipinski definition) is 5. The van der Waals surface area contributed by atoms with Gasteiger partial charge in [-0.1, -0.05) is 0 Å². The SMILES string of the molecule is O=C1CCC2CN(c3ncc(CNC4CC4)cn3)CCN12. The largest absolute Gasteiger partial charge is 0.337 e. The van der Waals surface area contributed by atoms with Crippen LogP contribution in [0.2, 0.25) is 0 Å². The molecule has 2 saturated heterocycles. The van der Waals surface area contributed by atoms with Gasteiger partial charge >= 0.3 is 0 Å². The molecule has 21 heavy (non-hydrogen) atoms. The minimum Gasteiger partial charge on any atom is -0.337 e. The first kappa shape index (κ1) is 13.0. The molecule has 1 unspecified atom stereocenters. The van der Waals surface area contributed by atoms with E-state index in [1.165, 1.54) is 12.8 Å². The number of carbonyl (C=O) groups is 1. The van der Waals surface area contributed by atoms with Crippen molar-refractivity contribution < 1.29 is 4.79 Å². The third-order valence-corrected chi connectivity index (χ3v) is 4.64. The molecule has 1 saturated carbocycles. The fraction of sp³-hybridized carbons (Fsp3) is 0.667. The number of nitrogens with one attached hydrogen (secondary N) is 1. The van der Waals surface area contributed by atoms with E-state index in [2.05, 4.69) is 20.2 Å². The van der Waals surface area contributed by atoms with E-state index in [0.717, 1.165) is 44.1 Å². The molecule has 1 atom stereocenters. The smallest absolute Gasteiger partial charge is 0.225 e. The molecule has 1 aromatic heterocycles. The highest BCUT2D eigenvalue weighted by Gasteiger charge is 2.36. The summed E-state index contributed by atoms with van der Waals surface area (Å²) in [5.74, 6) is 1.10. The quantitative estimate of drug-likeness (QED) is 0.876. The minimum atomic E-state index is 0.307. The molecule has 1 aromatic rings. The van der Waals surface area contributed by atoms with Crippen molar-refractivity contribution in [2.75, 3.05) is 24.5 Å². The van der Waals surface area contributed by atoms with E-state index in [4.69, 9.17) is 0 Å². The summed E-state index contributed by atoms with van der Waals surface area (Å²) < 4.78 is 0. The summed E-state index contributed by atoms with van der Waals surface area (Å²) in [5.41, 5.74) is 1.14. The third-order valence-electron chi connectivity index (χ3n) is 4.64. The summed E-state index contributed by atoms with van der Waals surface area (Å²) in [7, 11) is 0. The Bertz CT molecular complexity index is 527. The van der Waals surface area contributed by atoms with Gasteiger partial charge in [0.1, 0.15) is 0 Å². The Morgan fingerprint density at radius 3 is 2.76 bits per heavy atom. The first-order valence-electron chi connectivity index (χ1n) is 7.88. The lowest BCUT2D eigenvalue weighted by molar-refractivity contribution is -0.129. The fourth-order valence-corrected chi connectivity index (χ4v) is 3.20. The van der Waals surface area contributed by atoms with Crippen LogP contribution in [0.15, 0.2) is 12.4 Å². The van der Waals surface area contributed by atoms with Crippen LogP contribution in [-0.4, -0.2) is 52.5 Å². The van der Waals surface area contributed by atoms with Gasteiger partial charge in [0, 0.05) is 62.6 Å². The van der Waals surface area contributed by atoms with E-state index in [-0.39, 0.29) is 0 Å². The van der Waals surface area contributed by atoms with Gasteiger partial charge in [-0.25, -0.2) is 9.97 Å². The molecule has 3 fully saturated rings. The van der Waals surface area contributed by atoms with Gasteiger partial charge in [-0.05, 0) is 19.3 Å². The highest BCUT2D eigenvalue weighted by molar-refractivity contribution is 5.79. The fourth-order valence-electron chi connectivity index (χ4n) is 3.20. The van der Waals surface area contributed by atoms with E-state index < -0.39 is 0 Å². The molecule has 0 aromatic carbocycles. The topological polar surface area (TPSA) is 61.4 Å². The lowest BCUT2D eigenvalue weighted by atomic mass is 10.1. The number of nitrogens with zero attached hydrogens (tertiary/aromatic N) is 4. The Balaban J connectivity index is 1.38. The molecule has 4 rings (SSSR count). The third kappa shape index (κ3) is 2.72. The molecule has 3 heterocycles. The molecule has 1 aliphatic carbocycles. The van der Waals surface area contributed by atoms with Crippen LogP contribution in [0.4, 0.5) is 5.95 Å². The van der Waals surface area contributed by atoms with Gasteiger partial charge in [-0.15, -0.1) is 0 Å². The maximum Gasteiger partial charge on any atom is 0.225 e. The minimum absolute atomic E-state index is 0.307. The number of carbonyl (C=O) groups excluding carboxylic acids is 1. The number of amides is 1. The number of anilines is 1. The van der Waals surface area contributed by atoms with Crippen LogP contribution in [0.1, 0.15) is 31.2 Å². The van der Waals surface area contributed by atoms with Crippen LogP contribution in [0, 0.1) is 0 Å². The Morgan fingerprint density at radius 2 is 2.00 bits per heavy atom. The second kappa shape index (κ2) is 5.26. The summed E-state index contributed by atoms with van der Waals surface area (Å²) in [5, 5.41) is 3.47. The van der Waals surface area contributed by atoms with E-state index in [0.29, 0.717) is 24.4 Å². The number of piperazine rings is 1. The first-order valence-corrected chi connectivity index (χ1v) is 7.88. The number of rotatable bonds is 4. The zero-order valence-electron chi connectivity index (χ0n) is 12.2. The molecule has 2 aliphatic heterocycles. The lowest BCUT2D eigenvalue weighted by Crippen LogP contribution is -2.52. The van der Waals surface area contributed by atoms with E-state index in [9.17, 15) is 4.79 Å². The molecule has 6 heteroatoms. The summed E-state index contributed by atoms with van der Waals surface area (Å²) in [6.45, 7) is 3.36.